The van der Waals surface area contributed by atoms with Gasteiger partial charge in [0.15, 0.2) is 0 Å². The topological polar surface area (TPSA) is 89.4 Å². The molecule has 88 valence electrons. The number of nitro groups is 1. The summed E-state index contributed by atoms with van der Waals surface area (Å²) in [5.41, 5.74) is 6.88. The quantitative estimate of drug-likeness (QED) is 0.437. The van der Waals surface area contributed by atoms with Gasteiger partial charge in [-0.1, -0.05) is 12.1 Å². The van der Waals surface area contributed by atoms with Crippen molar-refractivity contribution in [1.29, 1.82) is 0 Å². The zero-order valence-electron chi connectivity index (χ0n) is 9.00. The fourth-order valence-electron chi connectivity index (χ4n) is 1.49. The van der Waals surface area contributed by atoms with Gasteiger partial charge in [-0.2, -0.15) is 0 Å². The highest BCUT2D eigenvalue weighted by molar-refractivity contribution is 5.34. The van der Waals surface area contributed by atoms with E-state index in [9.17, 15) is 10.1 Å². The van der Waals surface area contributed by atoms with Crippen molar-refractivity contribution in [3.8, 4) is 0 Å². The van der Waals surface area contributed by atoms with Crippen LogP contribution in [0.2, 0.25) is 0 Å². The maximum Gasteiger partial charge on any atom is 0.269 e. The molecule has 0 saturated heterocycles. The number of nitrogens with two attached hydrogens (primary N) is 1. The molecule has 0 bridgehead atoms. The Hall–Kier alpha value is -1.46. The molecule has 3 N–H and O–H groups in total. The predicted octanol–water partition coefficient (Wildman–Crippen LogP) is 1.76. The molecule has 0 spiro atoms. The molecule has 0 fully saturated rings. The maximum atomic E-state index is 10.4. The number of nitrogens with zero attached hydrogens (tertiary/aromatic N) is 1. The summed E-state index contributed by atoms with van der Waals surface area (Å²) in [5, 5.41) is 19.1. The first-order chi connectivity index (χ1) is 7.65. The molecule has 1 aromatic carbocycles. The molecule has 0 radical (unpaired) electrons. The summed E-state index contributed by atoms with van der Waals surface area (Å²) in [6.45, 7) is 0.174. The van der Waals surface area contributed by atoms with Crippen LogP contribution in [-0.2, 0) is 0 Å². The summed E-state index contributed by atoms with van der Waals surface area (Å²) in [4.78, 5) is 10.0. The van der Waals surface area contributed by atoms with Gasteiger partial charge in [0.05, 0.1) is 4.92 Å². The van der Waals surface area contributed by atoms with Gasteiger partial charge in [0.2, 0.25) is 0 Å². The van der Waals surface area contributed by atoms with E-state index in [2.05, 4.69) is 0 Å². The van der Waals surface area contributed by atoms with Crippen molar-refractivity contribution in [1.82, 2.24) is 0 Å². The van der Waals surface area contributed by atoms with Gasteiger partial charge < -0.3 is 10.8 Å². The van der Waals surface area contributed by atoms with E-state index in [0.29, 0.717) is 0 Å². The SMILES string of the molecule is NC(CCCCO)c1ccc([N+](=O)[O-])cc1. The van der Waals surface area contributed by atoms with E-state index in [1.54, 1.807) is 12.1 Å². The average Bonchev–Trinajstić information content (AvgIpc) is 2.29. The number of non-ortho nitro benzene ring substituents is 1. The molecule has 1 aromatic rings. The number of aliphatic hydroxyl groups excluding tert-OH is 1. The van der Waals surface area contributed by atoms with Crippen molar-refractivity contribution in [2.24, 2.45) is 5.73 Å². The van der Waals surface area contributed by atoms with E-state index in [4.69, 9.17) is 10.8 Å². The van der Waals surface area contributed by atoms with Crippen molar-refractivity contribution >= 4 is 5.69 Å². The zero-order chi connectivity index (χ0) is 12.0. The summed E-state index contributed by atoms with van der Waals surface area (Å²) in [6.07, 6.45) is 2.37. The first-order valence-corrected chi connectivity index (χ1v) is 5.26. The third-order valence-electron chi connectivity index (χ3n) is 2.46. The Morgan fingerprint density at radius 2 is 1.94 bits per heavy atom. The van der Waals surface area contributed by atoms with Crippen molar-refractivity contribution in [3.63, 3.8) is 0 Å². The molecule has 0 heterocycles. The summed E-state index contributed by atoms with van der Waals surface area (Å²) >= 11 is 0. The Kier molecular flexibility index (Phi) is 4.88. The van der Waals surface area contributed by atoms with Gasteiger partial charge in [-0.3, -0.25) is 10.1 Å². The lowest BCUT2D eigenvalue weighted by atomic mass is 10.0. The van der Waals surface area contributed by atoms with Gasteiger partial charge in [-0.15, -0.1) is 0 Å². The number of hydrogen-bond donors (Lipinski definition) is 2. The number of benzene rings is 1. The molecule has 0 saturated carbocycles. The maximum absolute atomic E-state index is 10.4. The van der Waals surface area contributed by atoms with E-state index in [1.807, 2.05) is 0 Å². The number of aliphatic hydroxyl groups is 1. The molecule has 0 amide bonds. The van der Waals surface area contributed by atoms with E-state index in [-0.39, 0.29) is 18.3 Å². The van der Waals surface area contributed by atoms with Gasteiger partial charge in [-0.05, 0) is 24.8 Å². The Balaban J connectivity index is 2.56. The summed E-state index contributed by atoms with van der Waals surface area (Å²) in [7, 11) is 0. The Labute approximate surface area is 94.0 Å². The second-order valence-electron chi connectivity index (χ2n) is 3.67. The van der Waals surface area contributed by atoms with E-state index >= 15 is 0 Å². The molecule has 0 aliphatic heterocycles. The van der Waals surface area contributed by atoms with E-state index in [0.717, 1.165) is 24.8 Å². The van der Waals surface area contributed by atoms with Crippen LogP contribution in [0.5, 0.6) is 0 Å². The molecule has 0 aliphatic carbocycles. The summed E-state index contributed by atoms with van der Waals surface area (Å²) in [5.74, 6) is 0. The Bertz CT molecular complexity index is 338. The molecule has 1 rings (SSSR count). The van der Waals surface area contributed by atoms with Crippen molar-refractivity contribution in [2.45, 2.75) is 25.3 Å². The highest BCUT2D eigenvalue weighted by Crippen LogP contribution is 2.19. The standard InChI is InChI=1S/C11H16N2O3/c12-11(3-1-2-8-14)9-4-6-10(7-5-9)13(15)16/h4-7,11,14H,1-3,8,12H2. The third kappa shape index (κ3) is 3.60. The molecular formula is C11H16N2O3. The molecule has 16 heavy (non-hydrogen) atoms. The van der Waals surface area contributed by atoms with Crippen LogP contribution in [0.4, 0.5) is 5.69 Å². The van der Waals surface area contributed by atoms with Gasteiger partial charge >= 0.3 is 0 Å². The highest BCUT2D eigenvalue weighted by Gasteiger charge is 2.08. The molecule has 5 nitrogen and oxygen atoms in total. The molecule has 0 aliphatic rings. The molecule has 5 heteroatoms. The predicted molar refractivity (Wildman–Crippen MR) is 61.0 cm³/mol. The molecule has 1 unspecified atom stereocenters. The van der Waals surface area contributed by atoms with Crippen LogP contribution < -0.4 is 5.73 Å². The van der Waals surface area contributed by atoms with Crippen LogP contribution in [0.3, 0.4) is 0 Å². The van der Waals surface area contributed by atoms with Crippen LogP contribution in [0.15, 0.2) is 24.3 Å². The first kappa shape index (κ1) is 12.6. The largest absolute Gasteiger partial charge is 0.396 e. The normalized spacial score (nSPS) is 12.4. The second-order valence-corrected chi connectivity index (χ2v) is 3.67. The number of unbranched alkanes of at least 4 members (excludes halogenated alkanes) is 1. The van der Waals surface area contributed by atoms with Gasteiger partial charge in [-0.25, -0.2) is 0 Å². The van der Waals surface area contributed by atoms with E-state index in [1.165, 1.54) is 12.1 Å². The summed E-state index contributed by atoms with van der Waals surface area (Å²) in [6, 6.07) is 6.17. The highest BCUT2D eigenvalue weighted by atomic mass is 16.6. The minimum atomic E-state index is -0.429. The van der Waals surface area contributed by atoms with Crippen molar-refractivity contribution in [2.75, 3.05) is 6.61 Å². The molecule has 1 atom stereocenters. The molecular weight excluding hydrogens is 208 g/mol. The lowest BCUT2D eigenvalue weighted by Gasteiger charge is -2.10. The van der Waals surface area contributed by atoms with Crippen molar-refractivity contribution < 1.29 is 10.0 Å². The smallest absolute Gasteiger partial charge is 0.269 e. The van der Waals surface area contributed by atoms with Gasteiger partial charge in [0.1, 0.15) is 0 Å². The Morgan fingerprint density at radius 3 is 2.44 bits per heavy atom. The monoisotopic (exact) mass is 224 g/mol. The Morgan fingerprint density at radius 1 is 1.31 bits per heavy atom. The van der Waals surface area contributed by atoms with Crippen LogP contribution >= 0.6 is 0 Å². The molecule has 0 aromatic heterocycles. The van der Waals surface area contributed by atoms with Gasteiger partial charge in [0.25, 0.3) is 5.69 Å². The van der Waals surface area contributed by atoms with Crippen LogP contribution in [-0.4, -0.2) is 16.6 Å². The number of nitro benzene ring substituents is 1. The minimum Gasteiger partial charge on any atom is -0.396 e. The fraction of sp³-hybridized carbons (Fsp3) is 0.455. The summed E-state index contributed by atoms with van der Waals surface area (Å²) < 4.78 is 0. The zero-order valence-corrected chi connectivity index (χ0v) is 9.00. The number of rotatable bonds is 6. The third-order valence-corrected chi connectivity index (χ3v) is 2.46. The van der Waals surface area contributed by atoms with E-state index < -0.39 is 4.92 Å². The lowest BCUT2D eigenvalue weighted by molar-refractivity contribution is -0.384. The number of hydrogen-bond acceptors (Lipinski definition) is 4. The minimum absolute atomic E-state index is 0.0753. The fourth-order valence-corrected chi connectivity index (χ4v) is 1.49. The van der Waals surface area contributed by atoms with Crippen molar-refractivity contribution in [3.05, 3.63) is 39.9 Å². The average molecular weight is 224 g/mol. The van der Waals surface area contributed by atoms with Crippen LogP contribution in [0.1, 0.15) is 30.9 Å². The first-order valence-electron chi connectivity index (χ1n) is 5.26. The van der Waals surface area contributed by atoms with Gasteiger partial charge in [0, 0.05) is 24.8 Å². The van der Waals surface area contributed by atoms with Crippen LogP contribution in [0, 0.1) is 10.1 Å². The van der Waals surface area contributed by atoms with Crippen LogP contribution in [0.25, 0.3) is 0 Å². The lowest BCUT2D eigenvalue weighted by Crippen LogP contribution is -2.10. The second kappa shape index (κ2) is 6.19.